The molecule has 2 atom stereocenters. The summed E-state index contributed by atoms with van der Waals surface area (Å²) in [7, 11) is -3.64. The van der Waals surface area contributed by atoms with E-state index in [1.165, 1.54) is 0 Å². The van der Waals surface area contributed by atoms with Gasteiger partial charge in [-0.1, -0.05) is 52.3 Å². The predicted molar refractivity (Wildman–Crippen MR) is 182 cm³/mol. The van der Waals surface area contributed by atoms with E-state index in [-0.39, 0.29) is 45.1 Å². The normalized spacial score (nSPS) is 20.6. The van der Waals surface area contributed by atoms with Crippen molar-refractivity contribution in [2.75, 3.05) is 32.4 Å². The molecule has 0 spiro atoms. The average Bonchev–Trinajstić information content (AvgIpc) is 2.93. The highest BCUT2D eigenvalue weighted by Gasteiger charge is 2.58. The third-order valence-electron chi connectivity index (χ3n) is 7.58. The van der Waals surface area contributed by atoms with Crippen molar-refractivity contribution in [2.24, 2.45) is 0 Å². The van der Waals surface area contributed by atoms with E-state index in [1.807, 2.05) is 53.4 Å². The second kappa shape index (κ2) is 15.5. The van der Waals surface area contributed by atoms with E-state index in [9.17, 15) is 24.1 Å². The van der Waals surface area contributed by atoms with Crippen LogP contribution >= 0.6 is 23.3 Å². The lowest BCUT2D eigenvalue weighted by molar-refractivity contribution is -0.141. The van der Waals surface area contributed by atoms with Crippen LogP contribution in [0.15, 0.2) is 53.0 Å². The number of amides is 2. The molecule has 1 aliphatic rings. The molecule has 0 aliphatic carbocycles. The first-order chi connectivity index (χ1) is 21.4. The minimum atomic E-state index is -3.64. The Morgan fingerprint density at radius 1 is 0.978 bits per heavy atom. The van der Waals surface area contributed by atoms with Crippen LogP contribution in [0, 0.1) is 0 Å². The van der Waals surface area contributed by atoms with Crippen LogP contribution in [0.5, 0.6) is 0 Å². The largest absolute Gasteiger partial charge is 0.480 e. The van der Waals surface area contributed by atoms with Gasteiger partial charge in [0.25, 0.3) is 0 Å². The quantitative estimate of drug-likeness (QED) is 0.180. The number of imide groups is 1. The lowest BCUT2D eigenvalue weighted by Crippen LogP contribution is -2.54. The minimum absolute atomic E-state index is 0.0300. The summed E-state index contributed by atoms with van der Waals surface area (Å²) in [5.74, 6) is -1.18. The van der Waals surface area contributed by atoms with Crippen LogP contribution in [0.2, 0.25) is 0 Å². The fourth-order valence-electron chi connectivity index (χ4n) is 5.56. The number of nitrogens with zero attached hydrogens (tertiary/aromatic N) is 2. The Kier molecular flexibility index (Phi) is 12.7. The summed E-state index contributed by atoms with van der Waals surface area (Å²) in [6, 6.07) is 16.0. The Morgan fingerprint density at radius 3 is 2.13 bits per heavy atom. The molecule has 2 aromatic carbocycles. The Labute approximate surface area is 281 Å². The highest BCUT2D eigenvalue weighted by Crippen LogP contribution is 2.63. The number of hydrogen-bond donors (Lipinski definition) is 1. The molecule has 2 aromatic rings. The van der Waals surface area contributed by atoms with Gasteiger partial charge < -0.3 is 19.1 Å². The first-order valence-corrected chi connectivity index (χ1v) is 18.3. The molecule has 1 fully saturated rings. The van der Waals surface area contributed by atoms with Crippen molar-refractivity contribution in [1.82, 2.24) is 9.80 Å². The van der Waals surface area contributed by atoms with Gasteiger partial charge in [0.1, 0.15) is 11.2 Å². The molecule has 3 rings (SSSR count). The topological polar surface area (TPSA) is 123 Å². The molecule has 254 valence electrons. The van der Waals surface area contributed by atoms with Gasteiger partial charge in [-0.2, -0.15) is 0 Å². The number of carbonyl (C=O) groups excluding carboxylic acids is 2. The van der Waals surface area contributed by atoms with E-state index in [2.05, 4.69) is 15.9 Å². The zero-order valence-electron chi connectivity index (χ0n) is 28.0. The monoisotopic (exact) mass is 722 g/mol. The van der Waals surface area contributed by atoms with E-state index in [4.69, 9.17) is 14.0 Å². The number of carbonyl (C=O) groups is 3. The Morgan fingerprint density at radius 2 is 1.59 bits per heavy atom. The Balaban J connectivity index is 1.85. The van der Waals surface area contributed by atoms with Crippen molar-refractivity contribution >= 4 is 41.5 Å². The van der Waals surface area contributed by atoms with Gasteiger partial charge in [-0.25, -0.2) is 14.5 Å². The standard InChI is InChI=1S/C34H48BrN2O8P/c1-8-43-46(42)21-20-36(23-26-22-27(35)16-17-28(26)25-14-10-9-11-15-25)24-34(46,29(38)39)18-12-13-19-37(30(40)44-32(2,3)4)31(41)45-33(5,6)7/h9-11,14-17,22H,8,12-13,18-21,23-24H2,1-7H3,(H,38,39). The number of unbranched alkanes of at least 4 members (excludes halogenated alkanes) is 1. The molecule has 1 aliphatic heterocycles. The summed E-state index contributed by atoms with van der Waals surface area (Å²) >= 11 is 3.58. The van der Waals surface area contributed by atoms with Crippen LogP contribution in [-0.2, 0) is 29.9 Å². The lowest BCUT2D eigenvalue weighted by Gasteiger charge is -2.45. The molecule has 1 heterocycles. The second-order valence-electron chi connectivity index (χ2n) is 13.6. The first-order valence-electron chi connectivity index (χ1n) is 15.7. The van der Waals surface area contributed by atoms with Gasteiger partial charge in [0, 0.05) is 36.8 Å². The summed E-state index contributed by atoms with van der Waals surface area (Å²) in [6.45, 7) is 12.9. The number of aliphatic carboxylic acids is 1. The van der Waals surface area contributed by atoms with E-state index in [1.54, 1.807) is 48.5 Å². The molecular weight excluding hydrogens is 675 g/mol. The number of ether oxygens (including phenoxy) is 2. The van der Waals surface area contributed by atoms with E-state index in [0.29, 0.717) is 13.1 Å². The number of halogens is 1. The smallest absolute Gasteiger partial charge is 0.419 e. The van der Waals surface area contributed by atoms with Crippen molar-refractivity contribution in [1.29, 1.82) is 0 Å². The molecule has 12 heteroatoms. The summed E-state index contributed by atoms with van der Waals surface area (Å²) in [6.07, 6.45) is -1.03. The van der Waals surface area contributed by atoms with Crippen LogP contribution in [-0.4, -0.2) is 81.8 Å². The van der Waals surface area contributed by atoms with Gasteiger partial charge in [0.05, 0.1) is 6.61 Å². The van der Waals surface area contributed by atoms with E-state index >= 15 is 0 Å². The van der Waals surface area contributed by atoms with Gasteiger partial charge in [-0.3, -0.25) is 14.3 Å². The van der Waals surface area contributed by atoms with Gasteiger partial charge in [-0.15, -0.1) is 0 Å². The van der Waals surface area contributed by atoms with E-state index < -0.39 is 41.9 Å². The lowest BCUT2D eigenvalue weighted by atomic mass is 9.97. The summed E-state index contributed by atoms with van der Waals surface area (Å²) in [4.78, 5) is 41.9. The third kappa shape index (κ3) is 9.89. The maximum atomic E-state index is 14.3. The Hall–Kier alpha value is -2.72. The first kappa shape index (κ1) is 37.7. The molecule has 1 N–H and O–H groups in total. The van der Waals surface area contributed by atoms with Crippen molar-refractivity contribution < 1.29 is 38.1 Å². The highest BCUT2D eigenvalue weighted by molar-refractivity contribution is 9.10. The number of carboxylic acid groups (broad SMARTS) is 1. The summed E-state index contributed by atoms with van der Waals surface area (Å²) in [5, 5.41) is 9.04. The summed E-state index contributed by atoms with van der Waals surface area (Å²) < 4.78 is 31.9. The average molecular weight is 724 g/mol. The number of carboxylic acids is 1. The van der Waals surface area contributed by atoms with Crippen LogP contribution < -0.4 is 0 Å². The fourth-order valence-corrected chi connectivity index (χ4v) is 8.94. The summed E-state index contributed by atoms with van der Waals surface area (Å²) in [5.41, 5.74) is 1.42. The molecule has 2 amide bonds. The third-order valence-corrected chi connectivity index (χ3v) is 11.4. The molecule has 10 nitrogen and oxygen atoms in total. The molecule has 46 heavy (non-hydrogen) atoms. The highest BCUT2D eigenvalue weighted by atomic mass is 79.9. The molecule has 0 bridgehead atoms. The molecular formula is C34H48BrN2O8P. The van der Waals surface area contributed by atoms with Crippen molar-refractivity contribution in [3.05, 3.63) is 58.6 Å². The Bertz CT molecular complexity index is 1390. The van der Waals surface area contributed by atoms with Crippen LogP contribution in [0.1, 0.15) is 73.3 Å². The number of hydrogen-bond acceptors (Lipinski definition) is 8. The zero-order chi connectivity index (χ0) is 34.3. The molecule has 1 saturated heterocycles. The predicted octanol–water partition coefficient (Wildman–Crippen LogP) is 8.41. The fraction of sp³-hybridized carbons (Fsp3) is 0.559. The zero-order valence-corrected chi connectivity index (χ0v) is 30.5. The minimum Gasteiger partial charge on any atom is -0.480 e. The maximum absolute atomic E-state index is 14.3. The van der Waals surface area contributed by atoms with E-state index in [0.717, 1.165) is 26.1 Å². The van der Waals surface area contributed by atoms with Crippen LogP contribution in [0.25, 0.3) is 11.1 Å². The SMILES string of the molecule is CCOP1(=O)CCN(Cc2cc(Br)ccc2-c2ccccc2)CC1(CCCCN(C(=O)OC(C)(C)C)C(=O)OC(C)(C)C)C(=O)O. The molecule has 2 unspecified atom stereocenters. The molecule has 0 aromatic heterocycles. The van der Waals surface area contributed by atoms with Crippen molar-refractivity contribution in [3.63, 3.8) is 0 Å². The van der Waals surface area contributed by atoms with Crippen molar-refractivity contribution in [3.8, 4) is 11.1 Å². The van der Waals surface area contributed by atoms with Crippen molar-refractivity contribution in [2.45, 2.75) is 90.6 Å². The van der Waals surface area contributed by atoms with Crippen LogP contribution in [0.4, 0.5) is 9.59 Å². The number of benzene rings is 2. The van der Waals surface area contributed by atoms with Gasteiger partial charge >= 0.3 is 18.2 Å². The van der Waals surface area contributed by atoms with Gasteiger partial charge in [0.15, 0.2) is 5.16 Å². The van der Waals surface area contributed by atoms with Crippen LogP contribution in [0.3, 0.4) is 0 Å². The van der Waals surface area contributed by atoms with Gasteiger partial charge in [-0.05, 0) is 96.6 Å². The second-order valence-corrected chi connectivity index (χ2v) is 17.4. The maximum Gasteiger partial charge on any atom is 0.419 e. The van der Waals surface area contributed by atoms with Gasteiger partial charge in [0.2, 0.25) is 7.37 Å². The number of rotatable bonds is 11. The molecule has 0 radical (unpaired) electrons. The molecule has 0 saturated carbocycles.